The van der Waals surface area contributed by atoms with Crippen LogP contribution in [0.25, 0.3) is 0 Å². The highest BCUT2D eigenvalue weighted by Gasteiger charge is 2.09. The molecule has 0 amide bonds. The van der Waals surface area contributed by atoms with Crippen molar-refractivity contribution in [3.63, 3.8) is 0 Å². The quantitative estimate of drug-likeness (QED) is 0.680. The maximum Gasteiger partial charge on any atom is 0.144 e. The Morgan fingerprint density at radius 1 is 1.28 bits per heavy atom. The van der Waals surface area contributed by atoms with Gasteiger partial charge in [0.05, 0.1) is 17.9 Å². The third-order valence-electron chi connectivity index (χ3n) is 2.66. The Bertz CT molecular complexity index is 378. The van der Waals surface area contributed by atoms with Gasteiger partial charge in [0.1, 0.15) is 5.75 Å². The molecule has 18 heavy (non-hydrogen) atoms. The summed E-state index contributed by atoms with van der Waals surface area (Å²) in [5.74, 6) is 0.909. The Labute approximate surface area is 109 Å². The van der Waals surface area contributed by atoms with Crippen LogP contribution in [-0.2, 0) is 0 Å². The van der Waals surface area contributed by atoms with Gasteiger partial charge >= 0.3 is 0 Å². The fourth-order valence-corrected chi connectivity index (χ4v) is 1.46. The van der Waals surface area contributed by atoms with E-state index in [1.54, 1.807) is 0 Å². The third-order valence-corrected chi connectivity index (χ3v) is 2.66. The van der Waals surface area contributed by atoms with Crippen LogP contribution in [0.4, 0.5) is 11.4 Å². The van der Waals surface area contributed by atoms with E-state index >= 15 is 0 Å². The van der Waals surface area contributed by atoms with Gasteiger partial charge in [-0.05, 0) is 31.9 Å². The zero-order chi connectivity index (χ0) is 13.7. The molecule has 0 aliphatic heterocycles. The van der Waals surface area contributed by atoms with Gasteiger partial charge in [-0.2, -0.15) is 0 Å². The first kappa shape index (κ1) is 14.6. The molecule has 0 bridgehead atoms. The second-order valence-corrected chi connectivity index (χ2v) is 5.11. The second-order valence-electron chi connectivity index (χ2n) is 5.11. The van der Waals surface area contributed by atoms with Crippen molar-refractivity contribution >= 4 is 11.4 Å². The van der Waals surface area contributed by atoms with Crippen LogP contribution < -0.4 is 15.8 Å². The molecule has 0 aliphatic carbocycles. The van der Waals surface area contributed by atoms with E-state index in [2.05, 4.69) is 5.32 Å². The molecule has 0 spiro atoms. The van der Waals surface area contributed by atoms with Crippen molar-refractivity contribution in [3.8, 4) is 5.75 Å². The number of hydrogen-bond donors (Lipinski definition) is 3. The first-order valence-corrected chi connectivity index (χ1v) is 6.38. The summed E-state index contributed by atoms with van der Waals surface area (Å²) in [6.45, 7) is 8.41. The first-order valence-electron chi connectivity index (χ1n) is 6.38. The van der Waals surface area contributed by atoms with E-state index in [1.165, 1.54) is 0 Å². The Morgan fingerprint density at radius 3 is 2.50 bits per heavy atom. The molecule has 4 nitrogen and oxygen atoms in total. The van der Waals surface area contributed by atoms with Crippen LogP contribution in [0.15, 0.2) is 18.2 Å². The third kappa shape index (κ3) is 4.45. The lowest BCUT2D eigenvalue weighted by Crippen LogP contribution is -2.24. The zero-order valence-electron chi connectivity index (χ0n) is 11.6. The average molecular weight is 252 g/mol. The van der Waals surface area contributed by atoms with E-state index in [0.717, 1.165) is 5.69 Å². The minimum absolute atomic E-state index is 0.0869. The largest absolute Gasteiger partial charge is 0.489 e. The van der Waals surface area contributed by atoms with E-state index in [0.29, 0.717) is 18.0 Å². The Hall–Kier alpha value is -1.42. The summed E-state index contributed by atoms with van der Waals surface area (Å²) in [7, 11) is 0. The van der Waals surface area contributed by atoms with Gasteiger partial charge in [0.25, 0.3) is 0 Å². The van der Waals surface area contributed by atoms with Crippen molar-refractivity contribution < 1.29 is 9.84 Å². The predicted octanol–water partition coefficient (Wildman–Crippen LogP) is 2.48. The number of aliphatic hydroxyl groups excluding tert-OH is 1. The summed E-state index contributed by atoms with van der Waals surface area (Å²) in [4.78, 5) is 0. The molecule has 0 saturated carbocycles. The molecule has 102 valence electrons. The van der Waals surface area contributed by atoms with Gasteiger partial charge in [0.15, 0.2) is 0 Å². The fourth-order valence-electron chi connectivity index (χ4n) is 1.46. The lowest BCUT2D eigenvalue weighted by Gasteiger charge is -2.17. The number of rotatable bonds is 6. The summed E-state index contributed by atoms with van der Waals surface area (Å²) in [6, 6.07) is 5.56. The standard InChI is InChI=1S/C14H24N2O2/c1-9(2)13(17)8-16-11-5-6-12(15)14(7-11)18-10(3)4/h5-7,9-10,13,16-17H,8,15H2,1-4H3. The highest BCUT2D eigenvalue weighted by Crippen LogP contribution is 2.26. The normalized spacial score (nSPS) is 12.8. The molecule has 0 aromatic heterocycles. The maximum absolute atomic E-state index is 9.74. The topological polar surface area (TPSA) is 67.5 Å². The van der Waals surface area contributed by atoms with Gasteiger partial charge in [-0.3, -0.25) is 0 Å². The van der Waals surface area contributed by atoms with Crippen molar-refractivity contribution in [3.05, 3.63) is 18.2 Å². The van der Waals surface area contributed by atoms with Gasteiger partial charge in [0.2, 0.25) is 0 Å². The molecule has 0 heterocycles. The van der Waals surface area contributed by atoms with Crippen molar-refractivity contribution in [1.29, 1.82) is 0 Å². The predicted molar refractivity (Wildman–Crippen MR) is 76.0 cm³/mol. The first-order chi connectivity index (χ1) is 8.40. The lowest BCUT2D eigenvalue weighted by atomic mass is 10.1. The molecule has 1 rings (SSSR count). The van der Waals surface area contributed by atoms with Crippen molar-refractivity contribution in [2.45, 2.75) is 39.9 Å². The van der Waals surface area contributed by atoms with Crippen LogP contribution >= 0.6 is 0 Å². The second kappa shape index (κ2) is 6.50. The monoisotopic (exact) mass is 252 g/mol. The van der Waals surface area contributed by atoms with Crippen molar-refractivity contribution in [2.75, 3.05) is 17.6 Å². The molecule has 1 aromatic carbocycles. The van der Waals surface area contributed by atoms with Crippen molar-refractivity contribution in [1.82, 2.24) is 0 Å². The number of nitrogen functional groups attached to an aromatic ring is 1. The summed E-state index contributed by atoms with van der Waals surface area (Å²) in [6.07, 6.45) is -0.277. The SMILES string of the molecule is CC(C)Oc1cc(NCC(O)C(C)C)ccc1N. The highest BCUT2D eigenvalue weighted by atomic mass is 16.5. The zero-order valence-corrected chi connectivity index (χ0v) is 11.6. The molecule has 0 saturated heterocycles. The van der Waals surface area contributed by atoms with E-state index < -0.39 is 0 Å². The minimum atomic E-state index is -0.364. The Balaban J connectivity index is 2.67. The van der Waals surface area contributed by atoms with E-state index in [9.17, 15) is 5.11 Å². The molecular weight excluding hydrogens is 228 g/mol. The minimum Gasteiger partial charge on any atom is -0.489 e. The van der Waals surface area contributed by atoms with Gasteiger partial charge in [0, 0.05) is 18.3 Å². The van der Waals surface area contributed by atoms with Gasteiger partial charge in [-0.1, -0.05) is 13.8 Å². The maximum atomic E-state index is 9.74. The molecule has 1 atom stereocenters. The van der Waals surface area contributed by atoms with Crippen LogP contribution in [0.2, 0.25) is 0 Å². The van der Waals surface area contributed by atoms with Crippen LogP contribution in [0.5, 0.6) is 5.75 Å². The molecule has 1 aromatic rings. The molecule has 0 fully saturated rings. The summed E-state index contributed by atoms with van der Waals surface area (Å²) in [5.41, 5.74) is 7.37. The van der Waals surface area contributed by atoms with E-state index in [4.69, 9.17) is 10.5 Å². The number of nitrogens with two attached hydrogens (primary N) is 1. The number of nitrogens with one attached hydrogen (secondary N) is 1. The number of benzene rings is 1. The molecule has 1 unspecified atom stereocenters. The number of anilines is 2. The molecular formula is C14H24N2O2. The fraction of sp³-hybridized carbons (Fsp3) is 0.571. The molecule has 0 radical (unpaired) electrons. The van der Waals surface area contributed by atoms with Gasteiger partial charge in [-0.15, -0.1) is 0 Å². The summed E-state index contributed by atoms with van der Waals surface area (Å²) < 4.78 is 5.61. The molecule has 0 aliphatic rings. The average Bonchev–Trinajstić information content (AvgIpc) is 2.28. The van der Waals surface area contributed by atoms with Crippen molar-refractivity contribution in [2.24, 2.45) is 5.92 Å². The smallest absolute Gasteiger partial charge is 0.144 e. The summed E-state index contributed by atoms with van der Waals surface area (Å²) >= 11 is 0. The number of hydrogen-bond acceptors (Lipinski definition) is 4. The van der Waals surface area contributed by atoms with E-state index in [-0.39, 0.29) is 18.1 Å². The van der Waals surface area contributed by atoms with Gasteiger partial charge < -0.3 is 20.9 Å². The van der Waals surface area contributed by atoms with E-state index in [1.807, 2.05) is 45.9 Å². The van der Waals surface area contributed by atoms with Crippen LogP contribution in [-0.4, -0.2) is 23.9 Å². The Morgan fingerprint density at radius 2 is 1.94 bits per heavy atom. The van der Waals surface area contributed by atoms with Crippen LogP contribution in [0, 0.1) is 5.92 Å². The number of ether oxygens (including phenoxy) is 1. The lowest BCUT2D eigenvalue weighted by molar-refractivity contribution is 0.138. The number of aliphatic hydroxyl groups is 1. The molecule has 4 N–H and O–H groups in total. The van der Waals surface area contributed by atoms with Crippen LogP contribution in [0.3, 0.4) is 0 Å². The molecule has 4 heteroatoms. The van der Waals surface area contributed by atoms with Crippen LogP contribution in [0.1, 0.15) is 27.7 Å². The summed E-state index contributed by atoms with van der Waals surface area (Å²) in [5, 5.41) is 12.9. The Kier molecular flexibility index (Phi) is 5.28. The van der Waals surface area contributed by atoms with Gasteiger partial charge in [-0.25, -0.2) is 0 Å². The highest BCUT2D eigenvalue weighted by molar-refractivity contribution is 5.61.